The Morgan fingerprint density at radius 3 is 2.88 bits per heavy atom. The number of nitrogens with zero attached hydrogens (tertiary/aromatic N) is 1. The zero-order valence-corrected chi connectivity index (χ0v) is 10.9. The quantitative estimate of drug-likeness (QED) is 0.811. The summed E-state index contributed by atoms with van der Waals surface area (Å²) in [5.74, 6) is 0. The van der Waals surface area contributed by atoms with E-state index in [9.17, 15) is 0 Å². The van der Waals surface area contributed by atoms with Crippen LogP contribution in [0.1, 0.15) is 38.2 Å². The van der Waals surface area contributed by atoms with Crippen molar-refractivity contribution in [2.75, 3.05) is 13.1 Å². The van der Waals surface area contributed by atoms with Crippen LogP contribution in [-0.4, -0.2) is 24.2 Å². The first-order valence-electron chi connectivity index (χ1n) is 6.91. The van der Waals surface area contributed by atoms with Gasteiger partial charge in [-0.15, -0.1) is 0 Å². The van der Waals surface area contributed by atoms with Crippen LogP contribution in [0.4, 0.5) is 0 Å². The van der Waals surface area contributed by atoms with Crippen LogP contribution in [0.3, 0.4) is 0 Å². The van der Waals surface area contributed by atoms with Gasteiger partial charge in [-0.2, -0.15) is 0 Å². The first kappa shape index (κ1) is 12.6. The highest BCUT2D eigenvalue weighted by Crippen LogP contribution is 2.16. The molecule has 1 aliphatic heterocycles. The molecule has 1 aliphatic rings. The van der Waals surface area contributed by atoms with Crippen LogP contribution >= 0.6 is 0 Å². The molecule has 0 radical (unpaired) electrons. The van der Waals surface area contributed by atoms with Crippen LogP contribution in [0.2, 0.25) is 0 Å². The number of rotatable bonds is 6. The van der Waals surface area contributed by atoms with E-state index >= 15 is 0 Å². The summed E-state index contributed by atoms with van der Waals surface area (Å²) < 4.78 is 0. The van der Waals surface area contributed by atoms with Gasteiger partial charge in [0.25, 0.3) is 0 Å². The molecule has 0 spiro atoms. The molecule has 1 aromatic rings. The van der Waals surface area contributed by atoms with Gasteiger partial charge in [-0.25, -0.2) is 0 Å². The van der Waals surface area contributed by atoms with Gasteiger partial charge < -0.3 is 0 Å². The van der Waals surface area contributed by atoms with Gasteiger partial charge in [0.15, 0.2) is 0 Å². The molecule has 0 bridgehead atoms. The minimum atomic E-state index is 0.599. The van der Waals surface area contributed by atoms with Crippen LogP contribution in [0.15, 0.2) is 30.3 Å². The lowest BCUT2D eigenvalue weighted by atomic mass is 10.2. The Balaban J connectivity index is 1.78. The summed E-state index contributed by atoms with van der Waals surface area (Å²) in [6, 6.07) is 10.7. The van der Waals surface area contributed by atoms with E-state index in [1.165, 1.54) is 44.3 Å². The molecule has 1 unspecified atom stereocenters. The Kier molecular flexibility index (Phi) is 5.02. The largest absolute Gasteiger partial charge is 0.298 e. The summed E-state index contributed by atoms with van der Waals surface area (Å²) in [5.41, 5.74) is 1.38. The average molecular weight is 232 g/mol. The van der Waals surface area contributed by atoms with Crippen LogP contribution in [0.5, 0.6) is 0 Å². The number of likely N-dealkylation sites (tertiary alicyclic amines) is 1. The van der Waals surface area contributed by atoms with Crippen molar-refractivity contribution in [2.24, 2.45) is 0 Å². The molecule has 1 saturated heterocycles. The highest BCUT2D eigenvalue weighted by Gasteiger charge is 2.22. The first-order valence-corrected chi connectivity index (χ1v) is 6.91. The third-order valence-electron chi connectivity index (χ3n) is 3.55. The van der Waals surface area contributed by atoms with Gasteiger partial charge in [0.2, 0.25) is 0 Å². The third kappa shape index (κ3) is 3.83. The highest BCUT2D eigenvalue weighted by molar-refractivity contribution is 5.14. The van der Waals surface area contributed by atoms with Crippen LogP contribution < -0.4 is 5.32 Å². The maximum Gasteiger partial charge on any atom is 0.0600 e. The van der Waals surface area contributed by atoms with Gasteiger partial charge in [-0.05, 0) is 37.9 Å². The van der Waals surface area contributed by atoms with E-state index in [1.54, 1.807) is 0 Å². The minimum Gasteiger partial charge on any atom is -0.298 e. The molecule has 1 heterocycles. The predicted molar refractivity (Wildman–Crippen MR) is 72.8 cm³/mol. The van der Waals surface area contributed by atoms with Crippen molar-refractivity contribution < 1.29 is 0 Å². The van der Waals surface area contributed by atoms with Crippen LogP contribution in [0, 0.1) is 0 Å². The Morgan fingerprint density at radius 1 is 1.29 bits per heavy atom. The molecule has 0 aromatic heterocycles. The molecule has 2 nitrogen and oxygen atoms in total. The molecule has 94 valence electrons. The standard InChI is InChI=1S/C15H24N2/c1-2-3-11-17-12-7-10-15(17)16-13-14-8-5-4-6-9-14/h4-6,8-9,15-16H,2-3,7,10-13H2,1H3. The summed E-state index contributed by atoms with van der Waals surface area (Å²) in [7, 11) is 0. The molecule has 1 aromatic carbocycles. The van der Waals surface area contributed by atoms with E-state index in [0.29, 0.717) is 6.17 Å². The van der Waals surface area contributed by atoms with Crippen molar-refractivity contribution in [3.63, 3.8) is 0 Å². The zero-order chi connectivity index (χ0) is 11.9. The van der Waals surface area contributed by atoms with Crippen LogP contribution in [-0.2, 0) is 6.54 Å². The first-order chi connectivity index (χ1) is 8.40. The maximum atomic E-state index is 3.68. The molecule has 17 heavy (non-hydrogen) atoms. The second-order valence-electron chi connectivity index (χ2n) is 4.91. The number of benzene rings is 1. The molecule has 2 heteroatoms. The summed E-state index contributed by atoms with van der Waals surface area (Å²) in [5, 5.41) is 3.68. The van der Waals surface area contributed by atoms with E-state index < -0.39 is 0 Å². The van der Waals surface area contributed by atoms with Crippen molar-refractivity contribution in [3.8, 4) is 0 Å². The van der Waals surface area contributed by atoms with E-state index in [2.05, 4.69) is 47.5 Å². The van der Waals surface area contributed by atoms with Crippen molar-refractivity contribution >= 4 is 0 Å². The van der Waals surface area contributed by atoms with Gasteiger partial charge in [-0.1, -0.05) is 43.7 Å². The number of hydrogen-bond donors (Lipinski definition) is 1. The van der Waals surface area contributed by atoms with Crippen molar-refractivity contribution in [2.45, 2.75) is 45.3 Å². The number of unbranched alkanes of at least 4 members (excludes halogenated alkanes) is 1. The Labute approximate surface area is 105 Å². The lowest BCUT2D eigenvalue weighted by Crippen LogP contribution is -2.41. The van der Waals surface area contributed by atoms with Gasteiger partial charge >= 0.3 is 0 Å². The fraction of sp³-hybridized carbons (Fsp3) is 0.600. The van der Waals surface area contributed by atoms with Gasteiger partial charge in [0.1, 0.15) is 0 Å². The highest BCUT2D eigenvalue weighted by atomic mass is 15.3. The monoisotopic (exact) mass is 232 g/mol. The van der Waals surface area contributed by atoms with Crippen LogP contribution in [0.25, 0.3) is 0 Å². The van der Waals surface area contributed by atoms with E-state index in [1.807, 2.05) is 0 Å². The van der Waals surface area contributed by atoms with E-state index in [0.717, 1.165) is 6.54 Å². The van der Waals surface area contributed by atoms with Gasteiger partial charge in [0.05, 0.1) is 6.17 Å². The second-order valence-corrected chi connectivity index (χ2v) is 4.91. The molecule has 1 fully saturated rings. The molecule has 1 N–H and O–H groups in total. The van der Waals surface area contributed by atoms with E-state index in [4.69, 9.17) is 0 Å². The number of nitrogens with one attached hydrogen (secondary N) is 1. The smallest absolute Gasteiger partial charge is 0.0600 e. The molecule has 1 atom stereocenters. The van der Waals surface area contributed by atoms with Gasteiger partial charge in [-0.3, -0.25) is 10.2 Å². The SMILES string of the molecule is CCCCN1CCCC1NCc1ccccc1. The lowest BCUT2D eigenvalue weighted by Gasteiger charge is -2.25. The summed E-state index contributed by atoms with van der Waals surface area (Å²) in [6.07, 6.45) is 5.86. The van der Waals surface area contributed by atoms with Crippen molar-refractivity contribution in [1.82, 2.24) is 10.2 Å². The van der Waals surface area contributed by atoms with Gasteiger partial charge in [0, 0.05) is 6.54 Å². The third-order valence-corrected chi connectivity index (χ3v) is 3.55. The summed E-state index contributed by atoms with van der Waals surface area (Å²) in [6.45, 7) is 5.78. The van der Waals surface area contributed by atoms with E-state index in [-0.39, 0.29) is 0 Å². The fourth-order valence-electron chi connectivity index (χ4n) is 2.52. The number of hydrogen-bond acceptors (Lipinski definition) is 2. The second kappa shape index (κ2) is 6.77. The Hall–Kier alpha value is -0.860. The Morgan fingerprint density at radius 2 is 2.12 bits per heavy atom. The molecular formula is C15H24N2. The van der Waals surface area contributed by atoms with Crippen molar-refractivity contribution in [1.29, 1.82) is 0 Å². The fourth-order valence-corrected chi connectivity index (χ4v) is 2.52. The average Bonchev–Trinajstić information content (AvgIpc) is 2.82. The molecule has 0 aliphatic carbocycles. The normalized spacial score (nSPS) is 20.9. The van der Waals surface area contributed by atoms with Crippen molar-refractivity contribution in [3.05, 3.63) is 35.9 Å². The molecule has 0 saturated carbocycles. The topological polar surface area (TPSA) is 15.3 Å². The molecule has 2 rings (SSSR count). The predicted octanol–water partition coefficient (Wildman–Crippen LogP) is 3.00. The molecule has 0 amide bonds. The maximum absolute atomic E-state index is 3.68. The molecular weight excluding hydrogens is 208 g/mol. The Bertz CT molecular complexity index is 310. The lowest BCUT2D eigenvalue weighted by molar-refractivity contribution is 0.214. The summed E-state index contributed by atoms with van der Waals surface area (Å²) >= 11 is 0. The minimum absolute atomic E-state index is 0.599. The summed E-state index contributed by atoms with van der Waals surface area (Å²) in [4.78, 5) is 2.60. The zero-order valence-electron chi connectivity index (χ0n) is 10.9.